The Bertz CT molecular complexity index is 805. The molecular weight excluding hydrogens is 356 g/mol. The van der Waals surface area contributed by atoms with E-state index in [1.807, 2.05) is 45.0 Å². The summed E-state index contributed by atoms with van der Waals surface area (Å²) < 4.78 is 10.8. The summed E-state index contributed by atoms with van der Waals surface area (Å²) in [4.78, 5) is 25.4. The van der Waals surface area contributed by atoms with Gasteiger partial charge in [-0.1, -0.05) is 44.2 Å². The molecule has 2 aromatic rings. The Morgan fingerprint density at radius 1 is 1.00 bits per heavy atom. The predicted octanol–water partition coefficient (Wildman–Crippen LogP) is 3.16. The predicted molar refractivity (Wildman–Crippen MR) is 109 cm³/mol. The molecule has 0 saturated heterocycles. The first kappa shape index (κ1) is 21.3. The zero-order valence-corrected chi connectivity index (χ0v) is 16.8. The molecule has 0 fully saturated rings. The van der Waals surface area contributed by atoms with Crippen molar-refractivity contribution < 1.29 is 19.1 Å². The minimum atomic E-state index is -0.670. The Labute approximate surface area is 166 Å². The van der Waals surface area contributed by atoms with E-state index in [9.17, 15) is 9.59 Å². The van der Waals surface area contributed by atoms with Crippen LogP contribution in [0.1, 0.15) is 36.7 Å². The first-order chi connectivity index (χ1) is 13.5. The molecular formula is C22H28N2O4. The van der Waals surface area contributed by atoms with Gasteiger partial charge in [0.25, 0.3) is 5.91 Å². The van der Waals surface area contributed by atoms with Gasteiger partial charge in [-0.15, -0.1) is 0 Å². The fourth-order valence-electron chi connectivity index (χ4n) is 2.82. The summed E-state index contributed by atoms with van der Waals surface area (Å²) in [5.41, 5.74) is 1.28. The highest BCUT2D eigenvalue weighted by molar-refractivity contribution is 5.99. The lowest BCUT2D eigenvalue weighted by molar-refractivity contribution is -0.124. The van der Waals surface area contributed by atoms with Crippen molar-refractivity contribution in [3.63, 3.8) is 0 Å². The minimum Gasteiger partial charge on any atom is -0.496 e. The Morgan fingerprint density at radius 3 is 2.29 bits per heavy atom. The van der Waals surface area contributed by atoms with Crippen LogP contribution < -0.4 is 20.1 Å². The van der Waals surface area contributed by atoms with Gasteiger partial charge in [0.2, 0.25) is 5.91 Å². The van der Waals surface area contributed by atoms with Crippen LogP contribution >= 0.6 is 0 Å². The van der Waals surface area contributed by atoms with Crippen LogP contribution in [0, 0.1) is 5.92 Å². The highest BCUT2D eigenvalue weighted by Crippen LogP contribution is 2.19. The molecule has 0 heterocycles. The van der Waals surface area contributed by atoms with Gasteiger partial charge >= 0.3 is 0 Å². The number of para-hydroxylation sites is 2. The van der Waals surface area contributed by atoms with Gasteiger partial charge in [0.1, 0.15) is 17.5 Å². The van der Waals surface area contributed by atoms with Gasteiger partial charge in [0.05, 0.1) is 19.3 Å². The van der Waals surface area contributed by atoms with Crippen LogP contribution in [0.3, 0.4) is 0 Å². The number of benzene rings is 2. The van der Waals surface area contributed by atoms with Crippen molar-refractivity contribution in [1.29, 1.82) is 0 Å². The number of amides is 2. The molecule has 0 spiro atoms. The SMILES string of the molecule is CCOc1ccccc1CNC(=O)C(NC(=O)c1ccccc1OC)C(C)C. The molecule has 2 aromatic carbocycles. The van der Waals surface area contributed by atoms with Crippen LogP contribution in [0.5, 0.6) is 11.5 Å². The number of methoxy groups -OCH3 is 1. The van der Waals surface area contributed by atoms with E-state index >= 15 is 0 Å². The number of rotatable bonds is 9. The lowest BCUT2D eigenvalue weighted by Crippen LogP contribution is -2.49. The maximum Gasteiger partial charge on any atom is 0.255 e. The van der Waals surface area contributed by atoms with Crippen molar-refractivity contribution in [3.05, 3.63) is 59.7 Å². The second-order valence-corrected chi connectivity index (χ2v) is 6.65. The third-order valence-corrected chi connectivity index (χ3v) is 4.31. The van der Waals surface area contributed by atoms with E-state index in [4.69, 9.17) is 9.47 Å². The molecule has 2 amide bonds. The summed E-state index contributed by atoms with van der Waals surface area (Å²) in [5, 5.41) is 5.72. The number of carbonyl (C=O) groups is 2. The zero-order valence-electron chi connectivity index (χ0n) is 16.8. The van der Waals surface area contributed by atoms with Crippen LogP contribution in [-0.2, 0) is 11.3 Å². The van der Waals surface area contributed by atoms with Crippen LogP contribution in [-0.4, -0.2) is 31.6 Å². The van der Waals surface area contributed by atoms with Gasteiger partial charge < -0.3 is 20.1 Å². The van der Waals surface area contributed by atoms with E-state index in [1.54, 1.807) is 24.3 Å². The van der Waals surface area contributed by atoms with Gasteiger partial charge in [-0.3, -0.25) is 9.59 Å². The van der Waals surface area contributed by atoms with Gasteiger partial charge in [-0.2, -0.15) is 0 Å². The normalized spacial score (nSPS) is 11.6. The third kappa shape index (κ3) is 5.49. The highest BCUT2D eigenvalue weighted by atomic mass is 16.5. The van der Waals surface area contributed by atoms with Crippen molar-refractivity contribution in [2.75, 3.05) is 13.7 Å². The molecule has 28 heavy (non-hydrogen) atoms. The monoisotopic (exact) mass is 384 g/mol. The minimum absolute atomic E-state index is 0.0826. The molecule has 1 atom stereocenters. The highest BCUT2D eigenvalue weighted by Gasteiger charge is 2.25. The van der Waals surface area contributed by atoms with Crippen molar-refractivity contribution in [1.82, 2.24) is 10.6 Å². The Kier molecular flexibility index (Phi) is 7.87. The Hall–Kier alpha value is -3.02. The number of nitrogens with one attached hydrogen (secondary N) is 2. The second kappa shape index (κ2) is 10.3. The standard InChI is InChI=1S/C22H28N2O4/c1-5-28-18-12-8-6-10-16(18)14-23-22(26)20(15(2)3)24-21(25)17-11-7-9-13-19(17)27-4/h6-13,15,20H,5,14H2,1-4H3,(H,23,26)(H,24,25). The zero-order chi connectivity index (χ0) is 20.5. The molecule has 0 radical (unpaired) electrons. The molecule has 0 aromatic heterocycles. The van der Waals surface area contributed by atoms with E-state index < -0.39 is 6.04 Å². The fourth-order valence-corrected chi connectivity index (χ4v) is 2.82. The van der Waals surface area contributed by atoms with E-state index in [0.29, 0.717) is 24.5 Å². The van der Waals surface area contributed by atoms with Gasteiger partial charge in [-0.05, 0) is 31.0 Å². The molecule has 2 N–H and O–H groups in total. The molecule has 0 aliphatic heterocycles. The van der Waals surface area contributed by atoms with Crippen LogP contribution in [0.25, 0.3) is 0 Å². The maximum absolute atomic E-state index is 12.8. The Balaban J connectivity index is 2.07. The lowest BCUT2D eigenvalue weighted by Gasteiger charge is -2.22. The van der Waals surface area contributed by atoms with Crippen molar-refractivity contribution in [2.45, 2.75) is 33.4 Å². The van der Waals surface area contributed by atoms with E-state index in [1.165, 1.54) is 7.11 Å². The average molecular weight is 384 g/mol. The maximum atomic E-state index is 12.8. The van der Waals surface area contributed by atoms with E-state index in [0.717, 1.165) is 11.3 Å². The fraction of sp³-hybridized carbons (Fsp3) is 0.364. The number of hydrogen-bond donors (Lipinski definition) is 2. The van der Waals surface area contributed by atoms with Crippen LogP contribution in [0.15, 0.2) is 48.5 Å². The first-order valence-corrected chi connectivity index (χ1v) is 9.40. The summed E-state index contributed by atoms with van der Waals surface area (Å²) in [6, 6.07) is 13.8. The number of ether oxygens (including phenoxy) is 2. The summed E-state index contributed by atoms with van der Waals surface area (Å²) in [7, 11) is 1.51. The van der Waals surface area contributed by atoms with E-state index in [2.05, 4.69) is 10.6 Å². The molecule has 6 heteroatoms. The molecule has 1 unspecified atom stereocenters. The van der Waals surface area contributed by atoms with Gasteiger partial charge in [0.15, 0.2) is 0 Å². The number of carbonyl (C=O) groups excluding carboxylic acids is 2. The summed E-state index contributed by atoms with van der Waals surface area (Å²) >= 11 is 0. The molecule has 0 aliphatic carbocycles. The molecule has 0 aliphatic rings. The molecule has 2 rings (SSSR count). The molecule has 0 bridgehead atoms. The Morgan fingerprint density at radius 2 is 1.64 bits per heavy atom. The smallest absolute Gasteiger partial charge is 0.255 e. The van der Waals surface area contributed by atoms with Crippen LogP contribution in [0.2, 0.25) is 0 Å². The topological polar surface area (TPSA) is 76.7 Å². The molecule has 150 valence electrons. The summed E-state index contributed by atoms with van der Waals surface area (Å²) in [5.74, 6) is 0.532. The van der Waals surface area contributed by atoms with Crippen molar-refractivity contribution in [2.24, 2.45) is 5.92 Å². The van der Waals surface area contributed by atoms with Gasteiger partial charge in [0, 0.05) is 12.1 Å². The molecule has 0 saturated carbocycles. The summed E-state index contributed by atoms with van der Waals surface area (Å²) in [6.07, 6.45) is 0. The molecule has 6 nitrogen and oxygen atoms in total. The summed E-state index contributed by atoms with van der Waals surface area (Å²) in [6.45, 7) is 6.57. The van der Waals surface area contributed by atoms with Crippen molar-refractivity contribution >= 4 is 11.8 Å². The number of hydrogen-bond acceptors (Lipinski definition) is 4. The van der Waals surface area contributed by atoms with Crippen molar-refractivity contribution in [3.8, 4) is 11.5 Å². The van der Waals surface area contributed by atoms with Crippen LogP contribution in [0.4, 0.5) is 0 Å². The lowest BCUT2D eigenvalue weighted by atomic mass is 10.0. The second-order valence-electron chi connectivity index (χ2n) is 6.65. The van der Waals surface area contributed by atoms with Gasteiger partial charge in [-0.25, -0.2) is 0 Å². The average Bonchev–Trinajstić information content (AvgIpc) is 2.70. The first-order valence-electron chi connectivity index (χ1n) is 9.40. The third-order valence-electron chi connectivity index (χ3n) is 4.31. The van der Waals surface area contributed by atoms with E-state index in [-0.39, 0.29) is 17.7 Å². The quantitative estimate of drug-likeness (QED) is 0.696. The largest absolute Gasteiger partial charge is 0.496 e.